The normalized spacial score (nSPS) is 15.6. The van der Waals surface area contributed by atoms with Gasteiger partial charge in [0.15, 0.2) is 0 Å². The van der Waals surface area contributed by atoms with Crippen LogP contribution in [0, 0.1) is 5.92 Å². The molecule has 0 radical (unpaired) electrons. The van der Waals surface area contributed by atoms with E-state index in [1.807, 2.05) is 13.8 Å². The number of rotatable bonds is 4. The molecule has 106 valence electrons. The van der Waals surface area contributed by atoms with Gasteiger partial charge in [-0.2, -0.15) is 0 Å². The van der Waals surface area contributed by atoms with Gasteiger partial charge in [-0.3, -0.25) is 0 Å². The van der Waals surface area contributed by atoms with E-state index in [9.17, 15) is 9.90 Å². The average molecular weight is 291 g/mol. The number of aromatic nitrogens is 2. The van der Waals surface area contributed by atoms with Crippen LogP contribution in [-0.4, -0.2) is 27.1 Å². The van der Waals surface area contributed by atoms with Crippen molar-refractivity contribution in [3.63, 3.8) is 0 Å². The smallest absolute Gasteiger partial charge is 0.326 e. The summed E-state index contributed by atoms with van der Waals surface area (Å²) in [6, 6.07) is -0.634. The first-order chi connectivity index (χ1) is 9.58. The molecule has 2 N–H and O–H groups in total. The number of nitrogens with zero attached hydrogens (tertiary/aromatic N) is 2. The summed E-state index contributed by atoms with van der Waals surface area (Å²) in [6.45, 7) is 3.78. The number of carboxylic acids is 1. The van der Waals surface area contributed by atoms with Gasteiger partial charge in [0.05, 0.1) is 5.39 Å². The van der Waals surface area contributed by atoms with Crippen LogP contribution in [0.5, 0.6) is 0 Å². The molecular formula is C14H17N3O2S. The second-order valence-corrected chi connectivity index (χ2v) is 6.55. The predicted octanol–water partition coefficient (Wildman–Crippen LogP) is 2.70. The van der Waals surface area contributed by atoms with Crippen LogP contribution in [0.3, 0.4) is 0 Å². The summed E-state index contributed by atoms with van der Waals surface area (Å²) in [5.74, 6) is -0.196. The quantitative estimate of drug-likeness (QED) is 0.906. The molecule has 0 saturated heterocycles. The fourth-order valence-corrected chi connectivity index (χ4v) is 3.93. The van der Waals surface area contributed by atoms with Crippen molar-refractivity contribution < 1.29 is 9.90 Å². The van der Waals surface area contributed by atoms with Crippen molar-refractivity contribution in [3.8, 4) is 0 Å². The highest BCUT2D eigenvalue weighted by Gasteiger charge is 2.25. The van der Waals surface area contributed by atoms with Crippen molar-refractivity contribution in [2.45, 2.75) is 39.2 Å². The lowest BCUT2D eigenvalue weighted by Gasteiger charge is -2.19. The SMILES string of the molecule is CC(C)C(Nc1ncnc2sc3c(c12)CCC3)C(=O)O. The van der Waals surface area contributed by atoms with Crippen LogP contribution >= 0.6 is 11.3 Å². The molecule has 0 fully saturated rings. The third-order valence-electron chi connectivity index (χ3n) is 3.73. The monoisotopic (exact) mass is 291 g/mol. The number of thiophene rings is 1. The molecule has 2 aromatic rings. The summed E-state index contributed by atoms with van der Waals surface area (Å²) in [5, 5.41) is 13.4. The Kier molecular flexibility index (Phi) is 3.33. The second kappa shape index (κ2) is 5.01. The molecule has 0 aromatic carbocycles. The number of carboxylic acid groups (broad SMARTS) is 1. The number of aliphatic carboxylic acids is 1. The molecule has 20 heavy (non-hydrogen) atoms. The van der Waals surface area contributed by atoms with E-state index in [1.165, 1.54) is 16.8 Å². The Balaban J connectivity index is 2.05. The molecule has 3 rings (SSSR count). The molecule has 6 heteroatoms. The van der Waals surface area contributed by atoms with Crippen LogP contribution in [0.4, 0.5) is 5.82 Å². The van der Waals surface area contributed by atoms with Crippen molar-refractivity contribution in [3.05, 3.63) is 16.8 Å². The van der Waals surface area contributed by atoms with Crippen LogP contribution < -0.4 is 5.32 Å². The van der Waals surface area contributed by atoms with Crippen LogP contribution in [-0.2, 0) is 17.6 Å². The van der Waals surface area contributed by atoms with Gasteiger partial charge in [-0.1, -0.05) is 13.8 Å². The van der Waals surface area contributed by atoms with E-state index >= 15 is 0 Å². The number of fused-ring (bicyclic) bond motifs is 3. The molecule has 0 aliphatic heterocycles. The van der Waals surface area contributed by atoms with Gasteiger partial charge < -0.3 is 10.4 Å². The van der Waals surface area contributed by atoms with Gasteiger partial charge in [-0.25, -0.2) is 14.8 Å². The van der Waals surface area contributed by atoms with Crippen molar-refractivity contribution >= 4 is 33.3 Å². The zero-order chi connectivity index (χ0) is 14.3. The molecule has 1 atom stereocenters. The highest BCUT2D eigenvalue weighted by Crippen LogP contribution is 2.39. The zero-order valence-corrected chi connectivity index (χ0v) is 12.3. The Morgan fingerprint density at radius 1 is 1.40 bits per heavy atom. The molecule has 0 amide bonds. The number of aryl methyl sites for hydroxylation is 2. The predicted molar refractivity (Wildman–Crippen MR) is 79.3 cm³/mol. The van der Waals surface area contributed by atoms with Crippen molar-refractivity contribution in [1.82, 2.24) is 9.97 Å². The van der Waals surface area contributed by atoms with E-state index in [0.717, 1.165) is 29.5 Å². The fourth-order valence-electron chi connectivity index (χ4n) is 2.70. The van der Waals surface area contributed by atoms with E-state index in [4.69, 9.17) is 0 Å². The van der Waals surface area contributed by atoms with E-state index in [0.29, 0.717) is 5.82 Å². The summed E-state index contributed by atoms with van der Waals surface area (Å²) < 4.78 is 0. The lowest BCUT2D eigenvalue weighted by Crippen LogP contribution is -2.34. The molecule has 2 heterocycles. The highest BCUT2D eigenvalue weighted by molar-refractivity contribution is 7.19. The number of hydrogen-bond donors (Lipinski definition) is 2. The standard InChI is InChI=1S/C14H17N3O2S/c1-7(2)11(14(18)19)17-12-10-8-4-3-5-9(8)20-13(10)16-6-15-12/h6-7,11H,3-5H2,1-2H3,(H,18,19)(H,15,16,17). The fraction of sp³-hybridized carbons (Fsp3) is 0.500. The maximum atomic E-state index is 11.4. The van der Waals surface area contributed by atoms with E-state index < -0.39 is 12.0 Å². The third kappa shape index (κ3) is 2.14. The molecule has 0 bridgehead atoms. The molecule has 5 nitrogen and oxygen atoms in total. The van der Waals surface area contributed by atoms with E-state index in [1.54, 1.807) is 11.3 Å². The number of carbonyl (C=O) groups is 1. The molecule has 0 spiro atoms. The first-order valence-corrected chi connectivity index (χ1v) is 7.64. The maximum absolute atomic E-state index is 11.4. The van der Waals surface area contributed by atoms with Crippen molar-refractivity contribution in [2.24, 2.45) is 5.92 Å². The molecule has 1 aliphatic rings. The van der Waals surface area contributed by atoms with Crippen LogP contribution in [0.1, 0.15) is 30.7 Å². The minimum atomic E-state index is -0.848. The largest absolute Gasteiger partial charge is 0.480 e. The molecule has 2 aromatic heterocycles. The highest BCUT2D eigenvalue weighted by atomic mass is 32.1. The van der Waals surface area contributed by atoms with Gasteiger partial charge in [0.25, 0.3) is 0 Å². The van der Waals surface area contributed by atoms with Crippen molar-refractivity contribution in [2.75, 3.05) is 5.32 Å². The lowest BCUT2D eigenvalue weighted by atomic mass is 10.0. The maximum Gasteiger partial charge on any atom is 0.326 e. The summed E-state index contributed by atoms with van der Waals surface area (Å²) in [4.78, 5) is 22.3. The van der Waals surface area contributed by atoms with Crippen molar-refractivity contribution in [1.29, 1.82) is 0 Å². The first-order valence-electron chi connectivity index (χ1n) is 6.82. The van der Waals surface area contributed by atoms with Gasteiger partial charge in [0.1, 0.15) is 23.0 Å². The van der Waals surface area contributed by atoms with Crippen LogP contribution in [0.2, 0.25) is 0 Å². The Bertz CT molecular complexity index is 666. The van der Waals surface area contributed by atoms with E-state index in [-0.39, 0.29) is 5.92 Å². The van der Waals surface area contributed by atoms with Gasteiger partial charge >= 0.3 is 5.97 Å². The average Bonchev–Trinajstić information content (AvgIpc) is 2.94. The Morgan fingerprint density at radius 2 is 2.20 bits per heavy atom. The van der Waals surface area contributed by atoms with Gasteiger partial charge in [0, 0.05) is 4.88 Å². The lowest BCUT2D eigenvalue weighted by molar-refractivity contribution is -0.138. The zero-order valence-electron chi connectivity index (χ0n) is 11.5. The van der Waals surface area contributed by atoms with Gasteiger partial charge in [0.2, 0.25) is 0 Å². The number of nitrogens with one attached hydrogen (secondary N) is 1. The molecule has 1 unspecified atom stereocenters. The minimum absolute atomic E-state index is 0.0100. The number of anilines is 1. The summed E-state index contributed by atoms with van der Waals surface area (Å²) in [7, 11) is 0. The van der Waals surface area contributed by atoms with Crippen LogP contribution in [0.25, 0.3) is 10.2 Å². The second-order valence-electron chi connectivity index (χ2n) is 5.46. The number of hydrogen-bond acceptors (Lipinski definition) is 5. The Morgan fingerprint density at radius 3 is 2.90 bits per heavy atom. The summed E-state index contributed by atoms with van der Waals surface area (Å²) in [6.07, 6.45) is 4.81. The summed E-state index contributed by atoms with van der Waals surface area (Å²) >= 11 is 1.71. The van der Waals surface area contributed by atoms with E-state index in [2.05, 4.69) is 15.3 Å². The minimum Gasteiger partial charge on any atom is -0.480 e. The van der Waals surface area contributed by atoms with Gasteiger partial charge in [-0.15, -0.1) is 11.3 Å². The Labute approximate surface area is 121 Å². The van der Waals surface area contributed by atoms with Crippen LogP contribution in [0.15, 0.2) is 6.33 Å². The molecular weight excluding hydrogens is 274 g/mol. The Hall–Kier alpha value is -1.69. The third-order valence-corrected chi connectivity index (χ3v) is 4.93. The topological polar surface area (TPSA) is 75.1 Å². The van der Waals surface area contributed by atoms with Gasteiger partial charge in [-0.05, 0) is 30.7 Å². The molecule has 1 aliphatic carbocycles. The summed E-state index contributed by atoms with van der Waals surface area (Å²) in [5.41, 5.74) is 1.31. The molecule has 0 saturated carbocycles. The first kappa shape index (κ1) is 13.3.